The molecule has 0 spiro atoms. The molecule has 0 aromatic heterocycles. The van der Waals surface area contributed by atoms with Gasteiger partial charge >= 0.3 is 5.97 Å². The molecule has 0 radical (unpaired) electrons. The van der Waals surface area contributed by atoms with Gasteiger partial charge in [0.2, 0.25) is 5.91 Å². The summed E-state index contributed by atoms with van der Waals surface area (Å²) >= 11 is 0. The molecule has 0 saturated heterocycles. The van der Waals surface area contributed by atoms with Crippen molar-refractivity contribution in [3.8, 4) is 0 Å². The van der Waals surface area contributed by atoms with Crippen LogP contribution in [-0.4, -0.2) is 17.0 Å². The van der Waals surface area contributed by atoms with Gasteiger partial charge in [0.25, 0.3) is 0 Å². The van der Waals surface area contributed by atoms with Gasteiger partial charge in [0.05, 0.1) is 0 Å². The second-order valence-electron chi connectivity index (χ2n) is 4.05. The number of amides is 1. The summed E-state index contributed by atoms with van der Waals surface area (Å²) in [5.74, 6) is -2.14. The van der Waals surface area contributed by atoms with Crippen LogP contribution < -0.4 is 5.32 Å². The number of rotatable bonds is 4. The predicted octanol–water partition coefficient (Wildman–Crippen LogP) is 2.52. The second-order valence-corrected chi connectivity index (χ2v) is 4.05. The van der Waals surface area contributed by atoms with Crippen LogP contribution in [0, 0.1) is 11.7 Å². The van der Waals surface area contributed by atoms with Gasteiger partial charge < -0.3 is 10.4 Å². The van der Waals surface area contributed by atoms with Crippen molar-refractivity contribution in [2.75, 3.05) is 5.32 Å². The number of carboxylic acid groups (broad SMARTS) is 1. The average molecular weight is 251 g/mol. The zero-order valence-electron chi connectivity index (χ0n) is 10.1. The normalized spacial score (nSPS) is 10.9. The van der Waals surface area contributed by atoms with E-state index in [0.717, 1.165) is 18.2 Å². The molecular formula is C13H14FNO3. The minimum Gasteiger partial charge on any atom is -0.478 e. The summed E-state index contributed by atoms with van der Waals surface area (Å²) in [6, 6.07) is 4.08. The van der Waals surface area contributed by atoms with E-state index in [4.69, 9.17) is 5.11 Å². The van der Waals surface area contributed by atoms with Crippen LogP contribution in [0.15, 0.2) is 24.3 Å². The third kappa shape index (κ3) is 4.01. The molecule has 18 heavy (non-hydrogen) atoms. The molecular weight excluding hydrogens is 237 g/mol. The summed E-state index contributed by atoms with van der Waals surface area (Å²) in [5, 5.41) is 11.0. The van der Waals surface area contributed by atoms with Crippen LogP contribution in [0.5, 0.6) is 0 Å². The summed E-state index contributed by atoms with van der Waals surface area (Å²) in [7, 11) is 0. The number of aliphatic carboxylic acids is 1. The van der Waals surface area contributed by atoms with E-state index in [9.17, 15) is 14.0 Å². The summed E-state index contributed by atoms with van der Waals surface area (Å²) in [6.45, 7) is 3.46. The van der Waals surface area contributed by atoms with Crippen LogP contribution in [-0.2, 0) is 9.59 Å². The minimum absolute atomic E-state index is 0.153. The van der Waals surface area contributed by atoms with Crippen LogP contribution in [0.1, 0.15) is 19.4 Å². The molecule has 0 saturated carbocycles. The first-order valence-corrected chi connectivity index (χ1v) is 5.41. The van der Waals surface area contributed by atoms with E-state index in [-0.39, 0.29) is 17.4 Å². The highest BCUT2D eigenvalue weighted by molar-refractivity contribution is 5.92. The highest BCUT2D eigenvalue weighted by Gasteiger charge is 2.08. The molecule has 1 aromatic rings. The topological polar surface area (TPSA) is 66.4 Å². The third-order valence-electron chi connectivity index (χ3n) is 2.20. The van der Waals surface area contributed by atoms with Gasteiger partial charge in [-0.1, -0.05) is 13.8 Å². The number of nitrogens with one attached hydrogen (secondary N) is 1. The Kier molecular flexibility index (Phi) is 4.59. The molecule has 0 heterocycles. The van der Waals surface area contributed by atoms with Crippen molar-refractivity contribution in [3.63, 3.8) is 0 Å². The maximum Gasteiger partial charge on any atom is 0.328 e. The molecule has 0 atom stereocenters. The Balaban J connectivity index is 2.86. The second kappa shape index (κ2) is 5.95. The lowest BCUT2D eigenvalue weighted by molar-refractivity contribution is -0.131. The van der Waals surface area contributed by atoms with Crippen molar-refractivity contribution >= 4 is 23.6 Å². The first-order valence-electron chi connectivity index (χ1n) is 5.41. The Morgan fingerprint density at radius 1 is 1.39 bits per heavy atom. The SMILES string of the molecule is CC(C)C(=O)Nc1ccc(C=CC(=O)O)c(F)c1. The number of carbonyl (C=O) groups is 2. The quantitative estimate of drug-likeness (QED) is 0.808. The van der Waals surface area contributed by atoms with Gasteiger partial charge in [0.15, 0.2) is 0 Å². The summed E-state index contributed by atoms with van der Waals surface area (Å²) in [4.78, 5) is 21.7. The highest BCUT2D eigenvalue weighted by Crippen LogP contribution is 2.16. The number of anilines is 1. The molecule has 2 N–H and O–H groups in total. The van der Waals surface area contributed by atoms with Crippen molar-refractivity contribution in [1.29, 1.82) is 0 Å². The average Bonchev–Trinajstić information content (AvgIpc) is 2.27. The van der Waals surface area contributed by atoms with E-state index in [1.807, 2.05) is 0 Å². The molecule has 1 amide bonds. The van der Waals surface area contributed by atoms with Gasteiger partial charge in [-0.05, 0) is 24.3 Å². The molecule has 0 aliphatic heterocycles. The Hall–Kier alpha value is -2.17. The van der Waals surface area contributed by atoms with Gasteiger partial charge in [-0.3, -0.25) is 4.79 Å². The fourth-order valence-electron chi connectivity index (χ4n) is 1.19. The molecule has 5 heteroatoms. The molecule has 0 fully saturated rings. The van der Waals surface area contributed by atoms with Crippen LogP contribution in [0.2, 0.25) is 0 Å². The van der Waals surface area contributed by atoms with Crippen LogP contribution in [0.25, 0.3) is 6.08 Å². The monoisotopic (exact) mass is 251 g/mol. The zero-order chi connectivity index (χ0) is 13.7. The van der Waals surface area contributed by atoms with Gasteiger partial charge in [-0.15, -0.1) is 0 Å². The molecule has 1 aromatic carbocycles. The van der Waals surface area contributed by atoms with Crippen molar-refractivity contribution in [2.24, 2.45) is 5.92 Å². The van der Waals surface area contributed by atoms with E-state index < -0.39 is 11.8 Å². The van der Waals surface area contributed by atoms with Crippen LogP contribution in [0.4, 0.5) is 10.1 Å². The number of carbonyl (C=O) groups excluding carboxylic acids is 1. The highest BCUT2D eigenvalue weighted by atomic mass is 19.1. The van der Waals surface area contributed by atoms with Crippen molar-refractivity contribution in [3.05, 3.63) is 35.7 Å². The third-order valence-corrected chi connectivity index (χ3v) is 2.20. The van der Waals surface area contributed by atoms with Crippen LogP contribution >= 0.6 is 0 Å². The fraction of sp³-hybridized carbons (Fsp3) is 0.231. The molecule has 0 bridgehead atoms. The first-order chi connectivity index (χ1) is 8.40. The molecule has 1 rings (SSSR count). The Labute approximate surface area is 104 Å². The molecule has 0 aliphatic rings. The standard InChI is InChI=1S/C13H14FNO3/c1-8(2)13(18)15-10-5-3-9(11(14)7-10)4-6-12(16)17/h3-8H,1-2H3,(H,15,18)(H,16,17). The Bertz CT molecular complexity index is 495. The van der Waals surface area contributed by atoms with E-state index in [0.29, 0.717) is 5.69 Å². The summed E-state index contributed by atoms with van der Waals surface area (Å²) < 4.78 is 13.6. The molecule has 96 valence electrons. The summed E-state index contributed by atoms with van der Waals surface area (Å²) in [5.41, 5.74) is 0.499. The van der Waals surface area contributed by atoms with Gasteiger partial charge in [-0.2, -0.15) is 0 Å². The number of hydrogen-bond acceptors (Lipinski definition) is 2. The van der Waals surface area contributed by atoms with E-state index in [2.05, 4.69) is 5.32 Å². The van der Waals surface area contributed by atoms with Gasteiger partial charge in [-0.25, -0.2) is 9.18 Å². The Morgan fingerprint density at radius 3 is 2.56 bits per heavy atom. The fourth-order valence-corrected chi connectivity index (χ4v) is 1.19. The lowest BCUT2D eigenvalue weighted by atomic mass is 10.1. The predicted molar refractivity (Wildman–Crippen MR) is 66.5 cm³/mol. The van der Waals surface area contributed by atoms with E-state index >= 15 is 0 Å². The Morgan fingerprint density at radius 2 is 2.06 bits per heavy atom. The van der Waals surface area contributed by atoms with Crippen molar-refractivity contribution < 1.29 is 19.1 Å². The number of halogens is 1. The van der Waals surface area contributed by atoms with E-state index in [1.165, 1.54) is 12.1 Å². The van der Waals surface area contributed by atoms with Crippen LogP contribution in [0.3, 0.4) is 0 Å². The lowest BCUT2D eigenvalue weighted by Crippen LogP contribution is -2.17. The molecule has 4 nitrogen and oxygen atoms in total. The van der Waals surface area contributed by atoms with Gasteiger partial charge in [0, 0.05) is 23.2 Å². The number of carboxylic acids is 1. The summed E-state index contributed by atoms with van der Waals surface area (Å²) in [6.07, 6.45) is 2.01. The molecule has 0 aliphatic carbocycles. The minimum atomic E-state index is -1.15. The number of benzene rings is 1. The van der Waals surface area contributed by atoms with Crippen molar-refractivity contribution in [2.45, 2.75) is 13.8 Å². The van der Waals surface area contributed by atoms with Gasteiger partial charge in [0.1, 0.15) is 5.82 Å². The lowest BCUT2D eigenvalue weighted by Gasteiger charge is -2.08. The maximum absolute atomic E-state index is 13.6. The first kappa shape index (κ1) is 13.9. The maximum atomic E-state index is 13.6. The molecule has 0 unspecified atom stereocenters. The zero-order valence-corrected chi connectivity index (χ0v) is 10.1. The smallest absolute Gasteiger partial charge is 0.328 e. The van der Waals surface area contributed by atoms with Crippen molar-refractivity contribution in [1.82, 2.24) is 0 Å². The number of hydrogen-bond donors (Lipinski definition) is 2. The largest absolute Gasteiger partial charge is 0.478 e. The van der Waals surface area contributed by atoms with E-state index in [1.54, 1.807) is 13.8 Å².